The fraction of sp³-hybridized carbons (Fsp3) is 0.308. The van der Waals surface area contributed by atoms with Crippen LogP contribution in [0.3, 0.4) is 0 Å². The third-order valence-corrected chi connectivity index (χ3v) is 5.38. The first kappa shape index (κ1) is 19.2. The van der Waals surface area contributed by atoms with Crippen molar-refractivity contribution in [3.8, 4) is 0 Å². The predicted molar refractivity (Wildman–Crippen MR) is 120 cm³/mol. The van der Waals surface area contributed by atoms with E-state index in [1.54, 1.807) is 0 Å². The van der Waals surface area contributed by atoms with Gasteiger partial charge >= 0.3 is 0 Å². The topological polar surface area (TPSA) is 3.24 Å². The van der Waals surface area contributed by atoms with E-state index in [4.69, 9.17) is 0 Å². The van der Waals surface area contributed by atoms with Crippen molar-refractivity contribution in [2.75, 3.05) is 19.0 Å². The molecule has 1 nitrogen and oxygen atoms in total. The molecular weight excluding hydrogens is 326 g/mol. The summed E-state index contributed by atoms with van der Waals surface area (Å²) in [5, 5.41) is 0. The Morgan fingerprint density at radius 1 is 1.04 bits per heavy atom. The van der Waals surface area contributed by atoms with Gasteiger partial charge in [-0.25, -0.2) is 0 Å². The highest BCUT2D eigenvalue weighted by atomic mass is 15.1. The van der Waals surface area contributed by atoms with Crippen LogP contribution in [-0.2, 0) is 0 Å². The molecule has 0 radical (unpaired) electrons. The van der Waals surface area contributed by atoms with Gasteiger partial charge in [0.1, 0.15) is 0 Å². The fourth-order valence-corrected chi connectivity index (χ4v) is 3.67. The normalized spacial score (nSPS) is 21.0. The summed E-state index contributed by atoms with van der Waals surface area (Å²) < 4.78 is 0. The number of rotatable bonds is 4. The summed E-state index contributed by atoms with van der Waals surface area (Å²) in [4.78, 5) is 2.12. The minimum Gasteiger partial charge on any atom is -0.378 e. The Kier molecular flexibility index (Phi) is 5.70. The molecule has 0 fully saturated rings. The SMILES string of the molecule is CC1=C/C(=C/C=C/c2ccc(N(C)C)cc2)C2=C1C=C(C(C)C)C=CC2C. The summed E-state index contributed by atoms with van der Waals surface area (Å²) >= 11 is 0. The Hall–Kier alpha value is -2.54. The molecule has 0 saturated heterocycles. The second-order valence-electron chi connectivity index (χ2n) is 8.07. The van der Waals surface area contributed by atoms with E-state index in [1.165, 1.54) is 39.1 Å². The number of anilines is 1. The average molecular weight is 358 g/mol. The molecule has 1 aromatic carbocycles. The summed E-state index contributed by atoms with van der Waals surface area (Å²) in [7, 11) is 4.13. The molecule has 1 unspecified atom stereocenters. The van der Waals surface area contributed by atoms with Crippen molar-refractivity contribution < 1.29 is 0 Å². The number of allylic oxidation sites excluding steroid dienone is 11. The van der Waals surface area contributed by atoms with Gasteiger partial charge in [-0.05, 0) is 58.4 Å². The van der Waals surface area contributed by atoms with Gasteiger partial charge in [0, 0.05) is 25.7 Å². The van der Waals surface area contributed by atoms with Crippen LogP contribution < -0.4 is 4.90 Å². The maximum absolute atomic E-state index is 2.39. The Balaban J connectivity index is 1.88. The number of hydrogen-bond donors (Lipinski definition) is 0. The standard InChI is InChI=1S/C26H31N/c1-18(2)22-13-10-19(3)26-23(16-20(4)25(26)17-22)9-7-8-21-11-14-24(15-12-21)27(5)6/h7-19H,1-6H3/b8-7+,23-9-. The van der Waals surface area contributed by atoms with Gasteiger partial charge in [-0.3, -0.25) is 0 Å². The zero-order valence-corrected chi connectivity index (χ0v) is 17.5. The molecule has 0 aromatic heterocycles. The molecule has 1 aromatic rings. The van der Waals surface area contributed by atoms with Crippen molar-refractivity contribution in [2.45, 2.75) is 27.7 Å². The zero-order valence-electron chi connectivity index (χ0n) is 17.5. The van der Waals surface area contributed by atoms with Crippen molar-refractivity contribution in [3.63, 3.8) is 0 Å². The van der Waals surface area contributed by atoms with E-state index < -0.39 is 0 Å². The van der Waals surface area contributed by atoms with Crippen LogP contribution in [0.2, 0.25) is 0 Å². The van der Waals surface area contributed by atoms with Crippen LogP contribution in [-0.4, -0.2) is 14.1 Å². The molecule has 140 valence electrons. The Labute approximate surface area is 164 Å². The molecule has 0 bridgehead atoms. The van der Waals surface area contributed by atoms with E-state index in [9.17, 15) is 0 Å². The van der Waals surface area contributed by atoms with Gasteiger partial charge < -0.3 is 4.90 Å². The smallest absolute Gasteiger partial charge is 0.0361 e. The lowest BCUT2D eigenvalue weighted by Gasteiger charge is -2.12. The lowest BCUT2D eigenvalue weighted by molar-refractivity contribution is 0.789. The van der Waals surface area contributed by atoms with Gasteiger partial charge in [0.15, 0.2) is 0 Å². The lowest BCUT2D eigenvalue weighted by atomic mass is 9.93. The van der Waals surface area contributed by atoms with Crippen LogP contribution >= 0.6 is 0 Å². The highest BCUT2D eigenvalue weighted by molar-refractivity contribution is 5.66. The summed E-state index contributed by atoms with van der Waals surface area (Å²) in [5.41, 5.74) is 9.42. The predicted octanol–water partition coefficient (Wildman–Crippen LogP) is 6.74. The van der Waals surface area contributed by atoms with Crippen LogP contribution in [0.15, 0.2) is 88.6 Å². The van der Waals surface area contributed by atoms with Crippen molar-refractivity contribution in [1.29, 1.82) is 0 Å². The maximum Gasteiger partial charge on any atom is 0.0361 e. The van der Waals surface area contributed by atoms with E-state index in [1.807, 2.05) is 0 Å². The first-order chi connectivity index (χ1) is 12.9. The van der Waals surface area contributed by atoms with Crippen LogP contribution in [0.1, 0.15) is 33.3 Å². The summed E-state index contributed by atoms with van der Waals surface area (Å²) in [6.45, 7) is 9.06. The molecule has 0 amide bonds. The molecular formula is C26H31N. The van der Waals surface area contributed by atoms with Gasteiger partial charge in [0.05, 0.1) is 0 Å². The summed E-state index contributed by atoms with van der Waals surface area (Å²) in [6, 6.07) is 8.64. The van der Waals surface area contributed by atoms with Crippen molar-refractivity contribution in [3.05, 3.63) is 94.2 Å². The van der Waals surface area contributed by atoms with Gasteiger partial charge in [0.25, 0.3) is 0 Å². The molecule has 0 N–H and O–H groups in total. The molecule has 0 heterocycles. The lowest BCUT2D eigenvalue weighted by Crippen LogP contribution is -2.07. The van der Waals surface area contributed by atoms with E-state index in [-0.39, 0.29) is 0 Å². The first-order valence-electron chi connectivity index (χ1n) is 9.85. The minimum absolute atomic E-state index is 0.431. The first-order valence-corrected chi connectivity index (χ1v) is 9.85. The monoisotopic (exact) mass is 357 g/mol. The third kappa shape index (κ3) is 4.24. The second kappa shape index (κ2) is 8.00. The van der Waals surface area contributed by atoms with Crippen molar-refractivity contribution >= 4 is 11.8 Å². The highest BCUT2D eigenvalue weighted by Gasteiger charge is 2.23. The summed E-state index contributed by atoms with van der Waals surface area (Å²) in [6.07, 6.45) is 16.0. The number of benzene rings is 1. The molecule has 0 spiro atoms. The van der Waals surface area contributed by atoms with E-state index in [0.717, 1.165) is 0 Å². The van der Waals surface area contributed by atoms with Gasteiger partial charge in [-0.2, -0.15) is 0 Å². The quantitative estimate of drug-likeness (QED) is 0.577. The largest absolute Gasteiger partial charge is 0.378 e. The van der Waals surface area contributed by atoms with E-state index in [0.29, 0.717) is 11.8 Å². The summed E-state index contributed by atoms with van der Waals surface area (Å²) in [5.74, 6) is 0.978. The van der Waals surface area contributed by atoms with Crippen molar-refractivity contribution in [2.24, 2.45) is 11.8 Å². The van der Waals surface area contributed by atoms with E-state index >= 15 is 0 Å². The maximum atomic E-state index is 2.39. The average Bonchev–Trinajstić information content (AvgIpc) is 2.82. The molecule has 1 heteroatoms. The van der Waals surface area contributed by atoms with Gasteiger partial charge in [-0.15, -0.1) is 0 Å². The molecule has 2 aliphatic rings. The number of hydrogen-bond acceptors (Lipinski definition) is 1. The van der Waals surface area contributed by atoms with Crippen molar-refractivity contribution in [1.82, 2.24) is 0 Å². The Morgan fingerprint density at radius 3 is 2.37 bits per heavy atom. The molecule has 2 aliphatic carbocycles. The molecule has 27 heavy (non-hydrogen) atoms. The van der Waals surface area contributed by atoms with Crippen LogP contribution in [0.5, 0.6) is 0 Å². The molecule has 1 atom stereocenters. The van der Waals surface area contributed by atoms with Crippen LogP contribution in [0.25, 0.3) is 6.08 Å². The number of nitrogens with zero attached hydrogens (tertiary/aromatic N) is 1. The fourth-order valence-electron chi connectivity index (χ4n) is 3.67. The van der Waals surface area contributed by atoms with E-state index in [2.05, 4.69) is 113 Å². The van der Waals surface area contributed by atoms with Crippen LogP contribution in [0, 0.1) is 11.8 Å². The molecule has 0 saturated carbocycles. The minimum atomic E-state index is 0.431. The van der Waals surface area contributed by atoms with Gasteiger partial charge in [0.2, 0.25) is 0 Å². The van der Waals surface area contributed by atoms with Gasteiger partial charge in [-0.1, -0.05) is 75.4 Å². The zero-order chi connectivity index (χ0) is 19.6. The second-order valence-corrected chi connectivity index (χ2v) is 8.07. The Morgan fingerprint density at radius 2 is 1.74 bits per heavy atom. The highest BCUT2D eigenvalue weighted by Crippen LogP contribution is 2.39. The van der Waals surface area contributed by atoms with Crippen LogP contribution in [0.4, 0.5) is 5.69 Å². The third-order valence-electron chi connectivity index (χ3n) is 5.38. The molecule has 0 aliphatic heterocycles. The Bertz CT molecular complexity index is 881. The molecule has 3 rings (SSSR count).